The van der Waals surface area contributed by atoms with Crippen LogP contribution < -0.4 is 5.32 Å². The van der Waals surface area contributed by atoms with E-state index in [1.165, 1.54) is 16.2 Å². The fourth-order valence-corrected chi connectivity index (χ4v) is 2.93. The van der Waals surface area contributed by atoms with Gasteiger partial charge in [-0.3, -0.25) is 10.1 Å². The van der Waals surface area contributed by atoms with Crippen molar-refractivity contribution in [3.63, 3.8) is 0 Å². The highest BCUT2D eigenvalue weighted by Gasteiger charge is 2.20. The molecule has 0 aliphatic heterocycles. The molecule has 0 saturated heterocycles. The Morgan fingerprint density at radius 1 is 1.42 bits per heavy atom. The summed E-state index contributed by atoms with van der Waals surface area (Å²) in [6.07, 6.45) is 3.04. The van der Waals surface area contributed by atoms with Gasteiger partial charge in [0.15, 0.2) is 10.8 Å². The van der Waals surface area contributed by atoms with Crippen LogP contribution in [-0.4, -0.2) is 27.1 Å². The van der Waals surface area contributed by atoms with Crippen LogP contribution >= 0.6 is 11.3 Å². The number of carbonyl (C=O) groups is 2. The van der Waals surface area contributed by atoms with E-state index in [0.717, 1.165) is 31.0 Å². The lowest BCUT2D eigenvalue weighted by molar-refractivity contribution is 0.0651. The zero-order valence-corrected chi connectivity index (χ0v) is 10.5. The number of nitrogens with zero attached hydrogens (tertiary/aromatic N) is 2. The Morgan fingerprint density at radius 2 is 2.26 bits per heavy atom. The number of carbonyl (C=O) groups excluding carboxylic acids is 1. The van der Waals surface area contributed by atoms with Crippen molar-refractivity contribution in [3.8, 4) is 0 Å². The normalized spacial score (nSPS) is 13.3. The molecule has 0 atom stereocenters. The first kappa shape index (κ1) is 11.8. The number of nitrogens with one attached hydrogen (secondary N) is 1. The molecule has 0 spiro atoms. The molecule has 2 heterocycles. The fourth-order valence-electron chi connectivity index (χ4n) is 1.89. The van der Waals surface area contributed by atoms with Crippen LogP contribution in [0.3, 0.4) is 0 Å². The van der Waals surface area contributed by atoms with Crippen LogP contribution in [0.15, 0.2) is 10.6 Å². The summed E-state index contributed by atoms with van der Waals surface area (Å²) in [4.78, 5) is 27.9. The van der Waals surface area contributed by atoms with E-state index in [1.54, 1.807) is 0 Å². The minimum atomic E-state index is -1.26. The summed E-state index contributed by atoms with van der Waals surface area (Å²) in [6, 6.07) is 1.08. The number of fused-ring (bicyclic) bond motifs is 1. The number of rotatable bonds is 3. The molecular weight excluding hydrogens is 270 g/mol. The van der Waals surface area contributed by atoms with Gasteiger partial charge in [-0.25, -0.2) is 9.78 Å². The first-order valence-corrected chi connectivity index (χ1v) is 6.45. The van der Waals surface area contributed by atoms with Crippen LogP contribution in [0.25, 0.3) is 0 Å². The average molecular weight is 279 g/mol. The van der Waals surface area contributed by atoms with Crippen molar-refractivity contribution in [1.82, 2.24) is 10.1 Å². The van der Waals surface area contributed by atoms with Gasteiger partial charge in [0, 0.05) is 10.9 Å². The Bertz CT molecular complexity index is 639. The molecule has 3 rings (SSSR count). The van der Waals surface area contributed by atoms with Gasteiger partial charge in [-0.2, -0.15) is 0 Å². The maximum absolute atomic E-state index is 11.8. The van der Waals surface area contributed by atoms with Crippen LogP contribution in [0.4, 0.5) is 5.13 Å². The first-order valence-electron chi connectivity index (χ1n) is 5.63. The third-order valence-electron chi connectivity index (χ3n) is 2.77. The molecule has 1 amide bonds. The SMILES string of the molecule is O=C(Nc1nc2c(s1)CCC2)c1cc(C(=O)O)on1. The lowest BCUT2D eigenvalue weighted by Crippen LogP contribution is -2.12. The monoisotopic (exact) mass is 279 g/mol. The third-order valence-corrected chi connectivity index (χ3v) is 3.84. The quantitative estimate of drug-likeness (QED) is 0.883. The van der Waals surface area contributed by atoms with Gasteiger partial charge in [0.2, 0.25) is 5.76 Å². The van der Waals surface area contributed by atoms with E-state index in [4.69, 9.17) is 5.11 Å². The van der Waals surface area contributed by atoms with Gasteiger partial charge in [0.1, 0.15) is 0 Å². The number of thiazole rings is 1. The highest BCUT2D eigenvalue weighted by Crippen LogP contribution is 2.30. The number of anilines is 1. The highest BCUT2D eigenvalue weighted by molar-refractivity contribution is 7.15. The molecule has 2 N–H and O–H groups in total. The van der Waals surface area contributed by atoms with Gasteiger partial charge in [-0.1, -0.05) is 5.16 Å². The summed E-state index contributed by atoms with van der Waals surface area (Å²) in [6.45, 7) is 0. The molecule has 2 aromatic rings. The van der Waals surface area contributed by atoms with E-state index in [0.29, 0.717) is 5.13 Å². The molecule has 1 aliphatic carbocycles. The van der Waals surface area contributed by atoms with Gasteiger partial charge in [0.05, 0.1) is 5.69 Å². The number of aromatic nitrogens is 2. The maximum atomic E-state index is 11.8. The van der Waals surface area contributed by atoms with Crippen molar-refractivity contribution in [1.29, 1.82) is 0 Å². The lowest BCUT2D eigenvalue weighted by Gasteiger charge is -1.96. The van der Waals surface area contributed by atoms with Gasteiger partial charge in [0.25, 0.3) is 5.91 Å². The number of carboxylic acid groups (broad SMARTS) is 1. The summed E-state index contributed by atoms with van der Waals surface area (Å²) in [5.41, 5.74) is 0.958. The van der Waals surface area contributed by atoms with Crippen LogP contribution in [0.2, 0.25) is 0 Å². The van der Waals surface area contributed by atoms with E-state index in [1.807, 2.05) is 0 Å². The maximum Gasteiger partial charge on any atom is 0.374 e. The van der Waals surface area contributed by atoms with Crippen LogP contribution in [-0.2, 0) is 12.8 Å². The third kappa shape index (κ3) is 2.22. The molecule has 0 unspecified atom stereocenters. The molecule has 1 aliphatic rings. The predicted octanol–water partition coefficient (Wildman–Crippen LogP) is 1.57. The summed E-state index contributed by atoms with van der Waals surface area (Å²) in [5, 5.41) is 15.2. The van der Waals surface area contributed by atoms with Gasteiger partial charge in [-0.15, -0.1) is 11.3 Å². The molecule has 0 aromatic carbocycles. The van der Waals surface area contributed by atoms with Gasteiger partial charge in [-0.05, 0) is 19.3 Å². The van der Waals surface area contributed by atoms with Crippen LogP contribution in [0.5, 0.6) is 0 Å². The molecule has 8 heteroatoms. The second-order valence-corrected chi connectivity index (χ2v) is 5.16. The van der Waals surface area contributed by atoms with Gasteiger partial charge >= 0.3 is 5.97 Å². The smallest absolute Gasteiger partial charge is 0.374 e. The highest BCUT2D eigenvalue weighted by atomic mass is 32.1. The van der Waals surface area contributed by atoms with Crippen LogP contribution in [0, 0.1) is 0 Å². The van der Waals surface area contributed by atoms with Crippen molar-refractivity contribution >= 4 is 28.3 Å². The molecule has 0 fully saturated rings. The number of carboxylic acids is 1. The summed E-state index contributed by atoms with van der Waals surface area (Å²) >= 11 is 1.44. The zero-order valence-electron chi connectivity index (χ0n) is 9.67. The number of amides is 1. The second-order valence-electron chi connectivity index (χ2n) is 4.08. The van der Waals surface area contributed by atoms with Crippen LogP contribution in [0.1, 0.15) is 38.0 Å². The molecule has 98 valence electrons. The average Bonchev–Trinajstić information content (AvgIpc) is 3.02. The number of hydrogen-bond acceptors (Lipinski definition) is 6. The van der Waals surface area contributed by atoms with E-state index >= 15 is 0 Å². The molecule has 0 bridgehead atoms. The van der Waals surface area contributed by atoms with Crippen molar-refractivity contribution in [2.45, 2.75) is 19.3 Å². The number of aryl methyl sites for hydroxylation is 2. The summed E-state index contributed by atoms with van der Waals surface area (Å²) in [5.74, 6) is -2.16. The lowest BCUT2D eigenvalue weighted by atomic mass is 10.3. The van der Waals surface area contributed by atoms with Crippen molar-refractivity contribution < 1.29 is 19.2 Å². The van der Waals surface area contributed by atoms with Gasteiger partial charge < -0.3 is 9.63 Å². The zero-order chi connectivity index (χ0) is 13.4. The Morgan fingerprint density at radius 3 is 2.95 bits per heavy atom. The Kier molecular flexibility index (Phi) is 2.79. The summed E-state index contributed by atoms with van der Waals surface area (Å²) in [7, 11) is 0. The predicted molar refractivity (Wildman–Crippen MR) is 65.6 cm³/mol. The summed E-state index contributed by atoms with van der Waals surface area (Å²) < 4.78 is 4.52. The Hall–Kier alpha value is -2.22. The largest absolute Gasteiger partial charge is 0.475 e. The Balaban J connectivity index is 1.74. The number of aromatic carboxylic acids is 1. The Labute approximate surface area is 111 Å². The van der Waals surface area contributed by atoms with Crippen molar-refractivity contribution in [2.24, 2.45) is 0 Å². The first-order chi connectivity index (χ1) is 9.13. The van der Waals surface area contributed by atoms with E-state index < -0.39 is 11.9 Å². The number of hydrogen-bond donors (Lipinski definition) is 2. The second kappa shape index (κ2) is 4.47. The minimum Gasteiger partial charge on any atom is -0.475 e. The molecule has 0 saturated carbocycles. The molecule has 0 radical (unpaired) electrons. The fraction of sp³-hybridized carbons (Fsp3) is 0.273. The van der Waals surface area contributed by atoms with Crippen molar-refractivity contribution in [3.05, 3.63) is 28.1 Å². The van der Waals surface area contributed by atoms with E-state index in [-0.39, 0.29) is 11.5 Å². The molecule has 7 nitrogen and oxygen atoms in total. The molecular formula is C11H9N3O4S. The minimum absolute atomic E-state index is 0.0761. The van der Waals surface area contributed by atoms with Crippen molar-refractivity contribution in [2.75, 3.05) is 5.32 Å². The molecule has 2 aromatic heterocycles. The van der Waals surface area contributed by atoms with E-state index in [9.17, 15) is 9.59 Å². The van der Waals surface area contributed by atoms with E-state index in [2.05, 4.69) is 20.0 Å². The topological polar surface area (TPSA) is 105 Å². The standard InChI is InChI=1S/C11H9N3O4S/c15-9(6-4-7(10(16)17)18-14-6)13-11-12-5-2-1-3-8(5)19-11/h4H,1-3H2,(H,16,17)(H,12,13,15). The molecule has 19 heavy (non-hydrogen) atoms.